The van der Waals surface area contributed by atoms with E-state index >= 15 is 0 Å². The van der Waals surface area contributed by atoms with E-state index in [9.17, 15) is 9.90 Å². The third kappa shape index (κ3) is 2.56. The number of methoxy groups -OCH3 is 1. The molecule has 0 aliphatic carbocycles. The number of esters is 1. The SMILES string of the molecule is COC(=O)c1cc(CO)cc(-c2ccsc2Cl)c1. The molecule has 0 unspecified atom stereocenters. The van der Waals surface area contributed by atoms with Crippen molar-refractivity contribution in [2.24, 2.45) is 0 Å². The number of carbonyl (C=O) groups excluding carboxylic acids is 1. The Kier molecular flexibility index (Phi) is 4.01. The number of aliphatic hydroxyl groups is 1. The average molecular weight is 283 g/mol. The summed E-state index contributed by atoms with van der Waals surface area (Å²) in [7, 11) is 1.32. The van der Waals surface area contributed by atoms with Gasteiger partial charge in [-0.05, 0) is 40.8 Å². The summed E-state index contributed by atoms with van der Waals surface area (Å²) >= 11 is 7.49. The van der Waals surface area contributed by atoms with E-state index in [1.54, 1.807) is 18.2 Å². The zero-order chi connectivity index (χ0) is 13.1. The molecule has 5 heteroatoms. The Balaban J connectivity index is 2.54. The summed E-state index contributed by atoms with van der Waals surface area (Å²) in [5, 5.41) is 11.1. The summed E-state index contributed by atoms with van der Waals surface area (Å²) in [6, 6.07) is 7.00. The summed E-state index contributed by atoms with van der Waals surface area (Å²) in [4.78, 5) is 11.6. The van der Waals surface area contributed by atoms with Gasteiger partial charge in [0.05, 0.1) is 19.3 Å². The third-order valence-electron chi connectivity index (χ3n) is 2.53. The van der Waals surface area contributed by atoms with E-state index in [0.717, 1.165) is 11.1 Å². The third-order valence-corrected chi connectivity index (χ3v) is 3.70. The molecule has 0 radical (unpaired) electrons. The molecular weight excluding hydrogens is 272 g/mol. The van der Waals surface area contributed by atoms with Gasteiger partial charge in [-0.3, -0.25) is 0 Å². The van der Waals surface area contributed by atoms with E-state index in [2.05, 4.69) is 4.74 Å². The van der Waals surface area contributed by atoms with Gasteiger partial charge in [-0.1, -0.05) is 11.6 Å². The predicted molar refractivity (Wildman–Crippen MR) is 72.0 cm³/mol. The zero-order valence-electron chi connectivity index (χ0n) is 9.64. The predicted octanol–water partition coefficient (Wildman–Crippen LogP) is 3.35. The molecule has 2 rings (SSSR count). The van der Waals surface area contributed by atoms with Crippen molar-refractivity contribution >= 4 is 28.9 Å². The van der Waals surface area contributed by atoms with Gasteiger partial charge in [-0.25, -0.2) is 4.79 Å². The lowest BCUT2D eigenvalue weighted by molar-refractivity contribution is 0.0600. The first-order valence-electron chi connectivity index (χ1n) is 5.22. The van der Waals surface area contributed by atoms with Gasteiger partial charge in [0.2, 0.25) is 0 Å². The number of thiophene rings is 1. The van der Waals surface area contributed by atoms with Crippen molar-refractivity contribution in [2.45, 2.75) is 6.61 Å². The molecule has 0 saturated carbocycles. The van der Waals surface area contributed by atoms with Gasteiger partial charge >= 0.3 is 5.97 Å². The molecule has 1 aromatic heterocycles. The molecule has 0 aliphatic heterocycles. The van der Waals surface area contributed by atoms with Crippen molar-refractivity contribution in [3.05, 3.63) is 45.1 Å². The molecule has 0 fully saturated rings. The summed E-state index contributed by atoms with van der Waals surface area (Å²) in [6.45, 7) is -0.139. The van der Waals surface area contributed by atoms with Crippen LogP contribution in [0.5, 0.6) is 0 Å². The molecule has 0 spiro atoms. The topological polar surface area (TPSA) is 46.5 Å². The van der Waals surface area contributed by atoms with Crippen LogP contribution in [-0.2, 0) is 11.3 Å². The Bertz CT molecular complexity index is 577. The Morgan fingerprint density at radius 1 is 1.44 bits per heavy atom. The first-order valence-corrected chi connectivity index (χ1v) is 6.48. The van der Waals surface area contributed by atoms with Crippen molar-refractivity contribution < 1.29 is 14.6 Å². The first kappa shape index (κ1) is 13.1. The lowest BCUT2D eigenvalue weighted by Gasteiger charge is -2.07. The molecule has 0 aliphatic rings. The van der Waals surface area contributed by atoms with Crippen LogP contribution in [0.2, 0.25) is 4.34 Å². The second-order valence-electron chi connectivity index (χ2n) is 3.68. The minimum Gasteiger partial charge on any atom is -0.465 e. The van der Waals surface area contributed by atoms with Gasteiger partial charge in [0.15, 0.2) is 0 Å². The van der Waals surface area contributed by atoms with Crippen molar-refractivity contribution in [3.8, 4) is 11.1 Å². The molecule has 0 saturated heterocycles. The molecule has 3 nitrogen and oxygen atoms in total. The maximum Gasteiger partial charge on any atom is 0.337 e. The highest BCUT2D eigenvalue weighted by atomic mass is 35.5. The Hall–Kier alpha value is -1.36. The van der Waals surface area contributed by atoms with Crippen LogP contribution in [0.15, 0.2) is 29.6 Å². The number of benzene rings is 1. The summed E-state index contributed by atoms with van der Waals surface area (Å²) in [5.74, 6) is -0.432. The van der Waals surface area contributed by atoms with Gasteiger partial charge < -0.3 is 9.84 Å². The highest BCUT2D eigenvalue weighted by Crippen LogP contribution is 2.33. The number of halogens is 1. The van der Waals surface area contributed by atoms with Crippen LogP contribution in [0.4, 0.5) is 0 Å². The van der Waals surface area contributed by atoms with Gasteiger partial charge in [0.25, 0.3) is 0 Å². The van der Waals surface area contributed by atoms with Crippen molar-refractivity contribution in [1.82, 2.24) is 0 Å². The van der Waals surface area contributed by atoms with E-state index in [1.165, 1.54) is 18.4 Å². The Labute approximate surface area is 114 Å². The fourth-order valence-electron chi connectivity index (χ4n) is 1.67. The van der Waals surface area contributed by atoms with Crippen LogP contribution < -0.4 is 0 Å². The summed E-state index contributed by atoms with van der Waals surface area (Å²) in [6.07, 6.45) is 0. The van der Waals surface area contributed by atoms with E-state index in [4.69, 9.17) is 11.6 Å². The fraction of sp³-hybridized carbons (Fsp3) is 0.154. The number of carbonyl (C=O) groups is 1. The number of aliphatic hydroxyl groups excluding tert-OH is 1. The van der Waals surface area contributed by atoms with E-state index < -0.39 is 5.97 Å². The molecule has 0 amide bonds. The standard InChI is InChI=1S/C13H11ClO3S/c1-17-13(16)10-5-8(7-15)4-9(6-10)11-2-3-18-12(11)14/h2-6,15H,7H2,1H3. The molecule has 1 N–H and O–H groups in total. The van der Waals surface area contributed by atoms with Crippen LogP contribution in [-0.4, -0.2) is 18.2 Å². The smallest absolute Gasteiger partial charge is 0.337 e. The van der Waals surface area contributed by atoms with E-state index in [-0.39, 0.29) is 6.61 Å². The van der Waals surface area contributed by atoms with Crippen LogP contribution in [0, 0.1) is 0 Å². The number of rotatable bonds is 3. The highest BCUT2D eigenvalue weighted by molar-refractivity contribution is 7.15. The fourth-order valence-corrected chi connectivity index (χ4v) is 2.64. The molecule has 0 bridgehead atoms. The van der Waals surface area contributed by atoms with Gasteiger partial charge in [0, 0.05) is 5.56 Å². The van der Waals surface area contributed by atoms with Crippen LogP contribution in [0.1, 0.15) is 15.9 Å². The summed E-state index contributed by atoms with van der Waals surface area (Å²) < 4.78 is 5.34. The molecule has 1 aromatic carbocycles. The Morgan fingerprint density at radius 2 is 2.22 bits per heavy atom. The maximum absolute atomic E-state index is 11.6. The molecule has 18 heavy (non-hydrogen) atoms. The van der Waals surface area contributed by atoms with Crippen LogP contribution in [0.25, 0.3) is 11.1 Å². The molecule has 2 aromatic rings. The average Bonchev–Trinajstić information content (AvgIpc) is 2.83. The van der Waals surface area contributed by atoms with Crippen molar-refractivity contribution in [3.63, 3.8) is 0 Å². The zero-order valence-corrected chi connectivity index (χ0v) is 11.2. The van der Waals surface area contributed by atoms with Gasteiger partial charge in [0.1, 0.15) is 4.34 Å². The number of ether oxygens (including phenoxy) is 1. The highest BCUT2D eigenvalue weighted by Gasteiger charge is 2.12. The van der Waals surface area contributed by atoms with Gasteiger partial charge in [-0.2, -0.15) is 0 Å². The quantitative estimate of drug-likeness (QED) is 0.878. The monoisotopic (exact) mass is 282 g/mol. The molecule has 94 valence electrons. The van der Waals surface area contributed by atoms with E-state index in [0.29, 0.717) is 15.5 Å². The number of hydrogen-bond acceptors (Lipinski definition) is 4. The second kappa shape index (κ2) is 5.52. The summed E-state index contributed by atoms with van der Waals surface area (Å²) in [5.41, 5.74) is 2.70. The lowest BCUT2D eigenvalue weighted by Crippen LogP contribution is -2.02. The van der Waals surface area contributed by atoms with Crippen LogP contribution >= 0.6 is 22.9 Å². The van der Waals surface area contributed by atoms with E-state index in [1.807, 2.05) is 11.4 Å². The van der Waals surface area contributed by atoms with Crippen molar-refractivity contribution in [2.75, 3.05) is 7.11 Å². The van der Waals surface area contributed by atoms with Crippen molar-refractivity contribution in [1.29, 1.82) is 0 Å². The minimum absolute atomic E-state index is 0.139. The molecule has 1 heterocycles. The molecular formula is C13H11ClO3S. The molecule has 0 atom stereocenters. The second-order valence-corrected chi connectivity index (χ2v) is 5.19. The Morgan fingerprint density at radius 3 is 2.78 bits per heavy atom. The van der Waals surface area contributed by atoms with Gasteiger partial charge in [-0.15, -0.1) is 11.3 Å². The lowest BCUT2D eigenvalue weighted by atomic mass is 10.0. The first-order chi connectivity index (χ1) is 8.65. The largest absolute Gasteiger partial charge is 0.465 e. The van der Waals surface area contributed by atoms with Crippen LogP contribution in [0.3, 0.4) is 0 Å². The maximum atomic E-state index is 11.6. The minimum atomic E-state index is -0.432. The normalized spacial score (nSPS) is 10.4. The number of hydrogen-bond donors (Lipinski definition) is 1.